The van der Waals surface area contributed by atoms with Crippen LogP contribution in [0.3, 0.4) is 0 Å². The minimum absolute atomic E-state index is 0.303. The van der Waals surface area contributed by atoms with E-state index in [1.807, 2.05) is 6.92 Å². The van der Waals surface area contributed by atoms with Gasteiger partial charge in [0.15, 0.2) is 0 Å². The van der Waals surface area contributed by atoms with E-state index in [0.717, 1.165) is 0 Å². The molecule has 118 valence electrons. The SMILES string of the molecule is CCc1nc2cc(Cl)ccn2c1C(=O)Nc1cccc(Cl)c1Cl. The standard InChI is InChI=1S/C16H12Cl3N3O/c1-2-11-15(22-7-6-9(17)8-13(22)20-11)16(23)21-12-5-3-4-10(18)14(12)19/h3-8H,2H2,1H3,(H,21,23). The molecule has 1 N–H and O–H groups in total. The second-order valence-electron chi connectivity index (χ2n) is 4.89. The molecule has 4 nitrogen and oxygen atoms in total. The first-order valence-electron chi connectivity index (χ1n) is 6.93. The number of nitrogens with zero attached hydrogens (tertiary/aromatic N) is 2. The van der Waals surface area contributed by atoms with Crippen molar-refractivity contribution in [1.29, 1.82) is 0 Å². The van der Waals surface area contributed by atoms with Crippen LogP contribution in [0.1, 0.15) is 23.1 Å². The number of anilines is 1. The minimum atomic E-state index is -0.305. The molecule has 1 aromatic carbocycles. The molecule has 3 rings (SSSR count). The summed E-state index contributed by atoms with van der Waals surface area (Å²) in [5.41, 5.74) is 2.21. The van der Waals surface area contributed by atoms with Gasteiger partial charge in [0.1, 0.15) is 11.3 Å². The first kappa shape index (κ1) is 16.1. The van der Waals surface area contributed by atoms with E-state index < -0.39 is 0 Å². The number of benzene rings is 1. The van der Waals surface area contributed by atoms with E-state index >= 15 is 0 Å². The highest BCUT2D eigenvalue weighted by Gasteiger charge is 2.19. The van der Waals surface area contributed by atoms with E-state index in [-0.39, 0.29) is 5.91 Å². The molecule has 2 aromatic heterocycles. The summed E-state index contributed by atoms with van der Waals surface area (Å²) >= 11 is 18.1. The maximum absolute atomic E-state index is 12.7. The summed E-state index contributed by atoms with van der Waals surface area (Å²) in [5, 5.41) is 4.03. The van der Waals surface area contributed by atoms with Crippen LogP contribution < -0.4 is 5.32 Å². The van der Waals surface area contributed by atoms with Crippen LogP contribution in [-0.2, 0) is 6.42 Å². The Hall–Kier alpha value is -1.75. The first-order chi connectivity index (χ1) is 11.0. The highest BCUT2D eigenvalue weighted by molar-refractivity contribution is 6.44. The third kappa shape index (κ3) is 3.02. The van der Waals surface area contributed by atoms with Crippen molar-refractivity contribution >= 4 is 52.0 Å². The van der Waals surface area contributed by atoms with Gasteiger partial charge in [0.05, 0.1) is 21.4 Å². The smallest absolute Gasteiger partial charge is 0.274 e. The van der Waals surface area contributed by atoms with Gasteiger partial charge in [0.25, 0.3) is 5.91 Å². The van der Waals surface area contributed by atoms with E-state index in [1.54, 1.807) is 40.9 Å². The van der Waals surface area contributed by atoms with Crippen molar-refractivity contribution in [3.05, 3.63) is 63.0 Å². The molecule has 0 aliphatic heterocycles. The lowest BCUT2D eigenvalue weighted by molar-refractivity contribution is 0.102. The topological polar surface area (TPSA) is 46.4 Å². The van der Waals surface area contributed by atoms with E-state index in [4.69, 9.17) is 34.8 Å². The maximum atomic E-state index is 12.7. The zero-order chi connectivity index (χ0) is 16.6. The van der Waals surface area contributed by atoms with Gasteiger partial charge in [-0.15, -0.1) is 0 Å². The number of pyridine rings is 1. The molecule has 1 amide bonds. The van der Waals surface area contributed by atoms with Gasteiger partial charge in [-0.1, -0.05) is 47.8 Å². The molecule has 7 heteroatoms. The van der Waals surface area contributed by atoms with Crippen molar-refractivity contribution in [3.8, 4) is 0 Å². The van der Waals surface area contributed by atoms with Crippen molar-refractivity contribution in [2.75, 3.05) is 5.32 Å². The number of aryl methyl sites for hydroxylation is 1. The van der Waals surface area contributed by atoms with Crippen molar-refractivity contribution in [3.63, 3.8) is 0 Å². The lowest BCUT2D eigenvalue weighted by Crippen LogP contribution is -2.16. The Kier molecular flexibility index (Phi) is 4.48. The van der Waals surface area contributed by atoms with Crippen LogP contribution in [0, 0.1) is 0 Å². The average Bonchev–Trinajstić information content (AvgIpc) is 2.89. The number of aromatic nitrogens is 2. The lowest BCUT2D eigenvalue weighted by Gasteiger charge is -2.09. The normalized spacial score (nSPS) is 11.0. The van der Waals surface area contributed by atoms with Crippen LogP contribution in [0.25, 0.3) is 5.65 Å². The summed E-state index contributed by atoms with van der Waals surface area (Å²) in [6.07, 6.45) is 2.34. The van der Waals surface area contributed by atoms with Crippen LogP contribution in [0.4, 0.5) is 5.69 Å². The predicted octanol–water partition coefficient (Wildman–Crippen LogP) is 5.11. The molecule has 0 saturated heterocycles. The van der Waals surface area contributed by atoms with Gasteiger partial charge in [-0.2, -0.15) is 0 Å². The van der Waals surface area contributed by atoms with Crippen LogP contribution in [0.2, 0.25) is 15.1 Å². The van der Waals surface area contributed by atoms with Crippen LogP contribution >= 0.6 is 34.8 Å². The third-order valence-electron chi connectivity index (χ3n) is 3.41. The molecule has 0 saturated carbocycles. The Labute approximate surface area is 148 Å². The fourth-order valence-corrected chi connectivity index (χ4v) is 2.84. The molecule has 0 aliphatic carbocycles. The Morgan fingerprint density at radius 2 is 2.04 bits per heavy atom. The van der Waals surface area contributed by atoms with Crippen LogP contribution in [0.15, 0.2) is 36.5 Å². The molecule has 0 fully saturated rings. The number of carbonyl (C=O) groups excluding carboxylic acids is 1. The monoisotopic (exact) mass is 367 g/mol. The summed E-state index contributed by atoms with van der Waals surface area (Å²) < 4.78 is 1.71. The minimum Gasteiger partial charge on any atom is -0.319 e. The van der Waals surface area contributed by atoms with E-state index in [0.29, 0.717) is 44.2 Å². The summed E-state index contributed by atoms with van der Waals surface area (Å²) in [6, 6.07) is 8.49. The predicted molar refractivity (Wildman–Crippen MR) is 94.0 cm³/mol. The number of imidazole rings is 1. The molecule has 0 unspecified atom stereocenters. The number of carbonyl (C=O) groups is 1. The van der Waals surface area contributed by atoms with Crippen molar-refractivity contribution in [1.82, 2.24) is 9.38 Å². The summed E-state index contributed by atoms with van der Waals surface area (Å²) in [7, 11) is 0. The van der Waals surface area contributed by atoms with Gasteiger partial charge in [-0.3, -0.25) is 9.20 Å². The second-order valence-corrected chi connectivity index (χ2v) is 6.11. The van der Waals surface area contributed by atoms with Gasteiger partial charge in [0, 0.05) is 17.3 Å². The zero-order valence-electron chi connectivity index (χ0n) is 12.1. The van der Waals surface area contributed by atoms with Gasteiger partial charge >= 0.3 is 0 Å². The molecule has 2 heterocycles. The molecule has 0 atom stereocenters. The quantitative estimate of drug-likeness (QED) is 0.698. The molecule has 0 radical (unpaired) electrons. The second kappa shape index (κ2) is 6.40. The summed E-state index contributed by atoms with van der Waals surface area (Å²) in [6.45, 7) is 1.94. The van der Waals surface area contributed by atoms with Gasteiger partial charge < -0.3 is 5.32 Å². The number of nitrogens with one attached hydrogen (secondary N) is 1. The fraction of sp³-hybridized carbons (Fsp3) is 0.125. The Balaban J connectivity index is 2.05. The number of hydrogen-bond donors (Lipinski definition) is 1. The number of amides is 1. The van der Waals surface area contributed by atoms with E-state index in [1.165, 1.54) is 0 Å². The number of halogens is 3. The first-order valence-corrected chi connectivity index (χ1v) is 8.06. The summed E-state index contributed by atoms with van der Waals surface area (Å²) in [4.78, 5) is 17.2. The highest BCUT2D eigenvalue weighted by Crippen LogP contribution is 2.30. The molecule has 23 heavy (non-hydrogen) atoms. The molecule has 3 aromatic rings. The van der Waals surface area contributed by atoms with Crippen LogP contribution in [0.5, 0.6) is 0 Å². The number of hydrogen-bond acceptors (Lipinski definition) is 2. The molecular weight excluding hydrogens is 357 g/mol. The van der Waals surface area contributed by atoms with Crippen molar-refractivity contribution in [2.24, 2.45) is 0 Å². The highest BCUT2D eigenvalue weighted by atomic mass is 35.5. The lowest BCUT2D eigenvalue weighted by atomic mass is 10.2. The largest absolute Gasteiger partial charge is 0.319 e. The molecule has 0 spiro atoms. The molecule has 0 bridgehead atoms. The van der Waals surface area contributed by atoms with E-state index in [2.05, 4.69) is 10.3 Å². The number of fused-ring (bicyclic) bond motifs is 1. The third-order valence-corrected chi connectivity index (χ3v) is 4.46. The van der Waals surface area contributed by atoms with Crippen molar-refractivity contribution < 1.29 is 4.79 Å². The van der Waals surface area contributed by atoms with Crippen LogP contribution in [-0.4, -0.2) is 15.3 Å². The zero-order valence-corrected chi connectivity index (χ0v) is 14.4. The van der Waals surface area contributed by atoms with Crippen molar-refractivity contribution in [2.45, 2.75) is 13.3 Å². The Bertz CT molecular complexity index is 905. The molecule has 0 aliphatic rings. The molecular formula is C16H12Cl3N3O. The van der Waals surface area contributed by atoms with Gasteiger partial charge in [-0.25, -0.2) is 4.98 Å². The van der Waals surface area contributed by atoms with Gasteiger partial charge in [-0.05, 0) is 24.6 Å². The fourth-order valence-electron chi connectivity index (χ4n) is 2.34. The summed E-state index contributed by atoms with van der Waals surface area (Å²) in [5.74, 6) is -0.305. The van der Waals surface area contributed by atoms with E-state index in [9.17, 15) is 4.79 Å². The average molecular weight is 369 g/mol. The van der Waals surface area contributed by atoms with Gasteiger partial charge in [0.2, 0.25) is 0 Å². The Morgan fingerprint density at radius 3 is 2.78 bits per heavy atom. The number of rotatable bonds is 3. The maximum Gasteiger partial charge on any atom is 0.274 e. The Morgan fingerprint density at radius 1 is 1.26 bits per heavy atom.